The highest BCUT2D eigenvalue weighted by atomic mass is 35.5. The molecule has 0 spiro atoms. The number of benzene rings is 2. The molecule has 1 aliphatic rings. The molecule has 1 saturated heterocycles. The summed E-state index contributed by atoms with van der Waals surface area (Å²) in [7, 11) is 1.98. The van der Waals surface area contributed by atoms with Crippen molar-refractivity contribution in [2.75, 3.05) is 26.8 Å². The topological polar surface area (TPSA) is 34.1 Å². The fraction of sp³-hybridized carbons (Fsp3) is 0.381. The fourth-order valence-electron chi connectivity index (χ4n) is 2.95. The second-order valence-electron chi connectivity index (χ2n) is 6.84. The molecule has 2 aromatic rings. The maximum absolute atomic E-state index is 6.51. The van der Waals surface area contributed by atoms with Crippen LogP contribution in [0, 0.1) is 6.92 Å². The minimum Gasteiger partial charge on any atom is -0.375 e. The monoisotopic (exact) mass is 406 g/mol. The maximum Gasteiger partial charge on any atom is 0.140 e. The molecule has 144 valence electrons. The van der Waals surface area contributed by atoms with Gasteiger partial charge in [0.05, 0.1) is 36.9 Å². The summed E-state index contributed by atoms with van der Waals surface area (Å²) in [5.74, 6) is 0. The summed E-state index contributed by atoms with van der Waals surface area (Å²) in [5, 5.41) is 1.31. The van der Waals surface area contributed by atoms with Gasteiger partial charge < -0.3 is 14.4 Å². The Bertz CT molecular complexity index is 835. The van der Waals surface area contributed by atoms with Gasteiger partial charge in [0.2, 0.25) is 0 Å². The molecular formula is C21H24Cl2N2O2. The van der Waals surface area contributed by atoms with Crippen LogP contribution in [-0.2, 0) is 21.7 Å². The quantitative estimate of drug-likeness (QED) is 0.458. The number of ether oxygens (including phenoxy) is 2. The van der Waals surface area contributed by atoms with E-state index < -0.39 is 5.60 Å². The van der Waals surface area contributed by atoms with E-state index in [0.717, 1.165) is 28.9 Å². The number of aliphatic imine (C=N–C) groups is 1. The molecule has 0 N–H and O–H groups in total. The number of halogens is 2. The van der Waals surface area contributed by atoms with E-state index in [0.29, 0.717) is 29.9 Å². The van der Waals surface area contributed by atoms with E-state index in [1.54, 1.807) is 6.34 Å². The molecule has 1 aliphatic heterocycles. The molecule has 4 nitrogen and oxygen atoms in total. The Morgan fingerprint density at radius 3 is 2.67 bits per heavy atom. The molecule has 1 heterocycles. The Hall–Kier alpha value is -1.59. The van der Waals surface area contributed by atoms with E-state index in [1.165, 1.54) is 0 Å². The van der Waals surface area contributed by atoms with Gasteiger partial charge in [-0.2, -0.15) is 0 Å². The molecule has 0 radical (unpaired) electrons. The van der Waals surface area contributed by atoms with Gasteiger partial charge in [-0.1, -0.05) is 35.3 Å². The molecule has 0 bridgehead atoms. The molecule has 27 heavy (non-hydrogen) atoms. The van der Waals surface area contributed by atoms with Gasteiger partial charge in [0.1, 0.15) is 5.60 Å². The minimum absolute atomic E-state index is 0.460. The molecule has 0 aliphatic carbocycles. The molecule has 0 saturated carbocycles. The van der Waals surface area contributed by atoms with Crippen LogP contribution >= 0.6 is 23.2 Å². The number of hydrogen-bond donors (Lipinski definition) is 0. The van der Waals surface area contributed by atoms with Crippen LogP contribution in [0.2, 0.25) is 10.0 Å². The van der Waals surface area contributed by atoms with E-state index in [2.05, 4.69) is 18.8 Å². The summed E-state index contributed by atoms with van der Waals surface area (Å²) in [6.07, 6.45) is 1.79. The summed E-state index contributed by atoms with van der Waals surface area (Å²) >= 11 is 12.6. The van der Waals surface area contributed by atoms with Crippen molar-refractivity contribution in [2.24, 2.45) is 4.99 Å². The lowest BCUT2D eigenvalue weighted by Gasteiger charge is -2.42. The Kier molecular flexibility index (Phi) is 6.43. The largest absolute Gasteiger partial charge is 0.375 e. The first-order chi connectivity index (χ1) is 12.9. The van der Waals surface area contributed by atoms with Crippen molar-refractivity contribution in [2.45, 2.75) is 26.1 Å². The fourth-order valence-corrected chi connectivity index (χ4v) is 3.38. The predicted octanol–water partition coefficient (Wildman–Crippen LogP) is 5.36. The number of hydrogen-bond acceptors (Lipinski definition) is 3. The second kappa shape index (κ2) is 8.61. The van der Waals surface area contributed by atoms with Crippen LogP contribution in [0.3, 0.4) is 0 Å². The first-order valence-electron chi connectivity index (χ1n) is 8.95. The van der Waals surface area contributed by atoms with Crippen molar-refractivity contribution in [3.05, 3.63) is 63.1 Å². The van der Waals surface area contributed by atoms with Crippen molar-refractivity contribution in [1.29, 1.82) is 0 Å². The van der Waals surface area contributed by atoms with Crippen LogP contribution in [-0.4, -0.2) is 38.0 Å². The Labute approximate surface area is 170 Å². The van der Waals surface area contributed by atoms with E-state index >= 15 is 0 Å². The van der Waals surface area contributed by atoms with Crippen molar-refractivity contribution < 1.29 is 9.47 Å². The zero-order valence-corrected chi connectivity index (χ0v) is 17.3. The number of aryl methyl sites for hydroxylation is 1. The van der Waals surface area contributed by atoms with Crippen molar-refractivity contribution in [1.82, 2.24) is 4.90 Å². The second-order valence-corrected chi connectivity index (χ2v) is 7.69. The summed E-state index contributed by atoms with van der Waals surface area (Å²) in [6, 6.07) is 11.6. The Morgan fingerprint density at radius 1 is 1.26 bits per heavy atom. The molecule has 0 unspecified atom stereocenters. The van der Waals surface area contributed by atoms with E-state index in [1.807, 2.05) is 48.3 Å². The third-order valence-electron chi connectivity index (χ3n) is 4.75. The zero-order chi connectivity index (χ0) is 19.4. The van der Waals surface area contributed by atoms with Gasteiger partial charge in [0.15, 0.2) is 0 Å². The average Bonchev–Trinajstić information content (AvgIpc) is 2.61. The van der Waals surface area contributed by atoms with E-state index in [9.17, 15) is 0 Å². The smallest absolute Gasteiger partial charge is 0.140 e. The van der Waals surface area contributed by atoms with Crippen LogP contribution < -0.4 is 0 Å². The summed E-state index contributed by atoms with van der Waals surface area (Å²) < 4.78 is 11.8. The van der Waals surface area contributed by atoms with Crippen molar-refractivity contribution >= 4 is 35.2 Å². The molecule has 0 aromatic heterocycles. The van der Waals surface area contributed by atoms with Gasteiger partial charge >= 0.3 is 0 Å². The molecule has 2 aromatic carbocycles. The molecule has 1 fully saturated rings. The highest BCUT2D eigenvalue weighted by molar-refractivity contribution is 6.33. The van der Waals surface area contributed by atoms with Gasteiger partial charge in [-0.3, -0.25) is 0 Å². The lowest BCUT2D eigenvalue weighted by atomic mass is 9.88. The number of rotatable bonds is 7. The third-order valence-corrected chi connectivity index (χ3v) is 5.29. The molecule has 6 heteroatoms. The maximum atomic E-state index is 6.51. The zero-order valence-electron chi connectivity index (χ0n) is 15.8. The number of nitrogens with zero attached hydrogens (tertiary/aromatic N) is 2. The average molecular weight is 407 g/mol. The molecule has 0 amide bonds. The van der Waals surface area contributed by atoms with Crippen LogP contribution in [0.5, 0.6) is 0 Å². The standard InChI is InChI=1S/C21H24Cl2N2O2/c1-4-25(3)14-24-20-8-15(2)18(10-19(20)23)21(12-26-13-21)27-11-16-6-5-7-17(22)9-16/h5-10,14H,4,11-13H2,1-3H3. The Balaban J connectivity index is 1.82. The normalized spacial score (nSPS) is 15.7. The van der Waals surface area contributed by atoms with Crippen LogP contribution in [0.25, 0.3) is 0 Å². The third kappa shape index (κ3) is 4.64. The predicted molar refractivity (Wildman–Crippen MR) is 111 cm³/mol. The first kappa shape index (κ1) is 20.2. The first-order valence-corrected chi connectivity index (χ1v) is 9.70. The van der Waals surface area contributed by atoms with Crippen LogP contribution in [0.15, 0.2) is 41.4 Å². The van der Waals surface area contributed by atoms with E-state index in [-0.39, 0.29) is 0 Å². The molecular weight excluding hydrogens is 383 g/mol. The van der Waals surface area contributed by atoms with Gasteiger partial charge in [0.25, 0.3) is 0 Å². The highest BCUT2D eigenvalue weighted by Gasteiger charge is 2.43. The Morgan fingerprint density at radius 2 is 2.04 bits per heavy atom. The molecule has 3 rings (SSSR count). The minimum atomic E-state index is -0.488. The van der Waals surface area contributed by atoms with Crippen LogP contribution in [0.1, 0.15) is 23.6 Å². The van der Waals surface area contributed by atoms with Crippen LogP contribution in [0.4, 0.5) is 5.69 Å². The van der Waals surface area contributed by atoms with Crippen molar-refractivity contribution in [3.63, 3.8) is 0 Å². The van der Waals surface area contributed by atoms with Gasteiger partial charge in [0, 0.05) is 18.6 Å². The highest BCUT2D eigenvalue weighted by Crippen LogP contribution is 2.40. The summed E-state index contributed by atoms with van der Waals surface area (Å²) in [4.78, 5) is 6.48. The summed E-state index contributed by atoms with van der Waals surface area (Å²) in [5.41, 5.74) is 3.42. The lowest BCUT2D eigenvalue weighted by Crippen LogP contribution is -2.49. The van der Waals surface area contributed by atoms with Gasteiger partial charge in [-0.05, 0) is 54.8 Å². The molecule has 0 atom stereocenters. The van der Waals surface area contributed by atoms with Crippen molar-refractivity contribution in [3.8, 4) is 0 Å². The SMILES string of the molecule is CCN(C)C=Nc1cc(C)c(C2(OCc3cccc(Cl)c3)COC2)cc1Cl. The lowest BCUT2D eigenvalue weighted by molar-refractivity contribution is -0.223. The summed E-state index contributed by atoms with van der Waals surface area (Å²) in [6.45, 7) is 6.48. The van der Waals surface area contributed by atoms with Gasteiger partial charge in [-0.15, -0.1) is 0 Å². The van der Waals surface area contributed by atoms with E-state index in [4.69, 9.17) is 32.7 Å². The van der Waals surface area contributed by atoms with Gasteiger partial charge in [-0.25, -0.2) is 4.99 Å².